The molecule has 68 heavy (non-hydrogen) atoms. The molecule has 5 heterocycles. The lowest BCUT2D eigenvalue weighted by atomic mass is 10.1. The number of ether oxygens (including phenoxy) is 3. The van der Waals surface area contributed by atoms with Gasteiger partial charge in [-0.3, -0.25) is 49.0 Å². The molecular formula is C46H48N8O13S. The minimum Gasteiger partial charge on any atom is -0.472 e. The summed E-state index contributed by atoms with van der Waals surface area (Å²) >= 11 is 0. The predicted octanol–water partition coefficient (Wildman–Crippen LogP) is 4.06. The van der Waals surface area contributed by atoms with E-state index in [1.54, 1.807) is 53.4 Å². The number of furan rings is 2. The molecule has 0 spiro atoms. The van der Waals surface area contributed by atoms with Gasteiger partial charge in [0.15, 0.2) is 0 Å². The highest BCUT2D eigenvalue weighted by Gasteiger charge is 2.35. The number of carbonyl (C=O) groups excluding carboxylic acids is 5. The summed E-state index contributed by atoms with van der Waals surface area (Å²) in [5, 5.41) is 21.1. The fourth-order valence-electron chi connectivity index (χ4n) is 7.15. The number of nitrogens with zero attached hydrogens (tertiary/aromatic N) is 4. The molecule has 4 amide bonds. The predicted molar refractivity (Wildman–Crippen MR) is 244 cm³/mol. The molecular weight excluding hydrogens is 905 g/mol. The van der Waals surface area contributed by atoms with E-state index in [9.17, 15) is 32.4 Å². The van der Waals surface area contributed by atoms with E-state index in [4.69, 9.17) is 33.9 Å². The number of rotatable bonds is 15. The van der Waals surface area contributed by atoms with E-state index >= 15 is 0 Å². The van der Waals surface area contributed by atoms with Crippen LogP contribution in [0.5, 0.6) is 0 Å². The zero-order valence-electron chi connectivity index (χ0n) is 36.7. The number of amidine groups is 2. The third kappa shape index (κ3) is 13.5. The van der Waals surface area contributed by atoms with E-state index in [0.29, 0.717) is 46.7 Å². The molecule has 3 saturated heterocycles. The smallest absolute Gasteiger partial charge is 0.414 e. The average molecular weight is 953 g/mol. The van der Waals surface area contributed by atoms with Crippen LogP contribution in [-0.2, 0) is 39.9 Å². The summed E-state index contributed by atoms with van der Waals surface area (Å²) in [4.78, 5) is 68.1. The molecule has 2 unspecified atom stereocenters. The molecule has 0 radical (unpaired) electrons. The van der Waals surface area contributed by atoms with Crippen LogP contribution in [0.25, 0.3) is 0 Å². The van der Waals surface area contributed by atoms with Crippen LogP contribution < -0.4 is 20.4 Å². The molecule has 4 N–H and O–H groups in total. The Hall–Kier alpha value is -7.66. The van der Waals surface area contributed by atoms with Gasteiger partial charge >= 0.3 is 18.2 Å². The van der Waals surface area contributed by atoms with Gasteiger partial charge in [-0.15, -0.1) is 0 Å². The van der Waals surface area contributed by atoms with Gasteiger partial charge in [0, 0.05) is 55.2 Å². The van der Waals surface area contributed by atoms with Crippen LogP contribution in [0, 0.1) is 10.8 Å². The number of hydrogen-bond donors (Lipinski definition) is 4. The Morgan fingerprint density at radius 1 is 0.662 bits per heavy atom. The normalized spacial score (nSPS) is 17.4. The molecule has 356 valence electrons. The van der Waals surface area contributed by atoms with Crippen LogP contribution in [-0.4, -0.2) is 137 Å². The molecule has 3 aliphatic rings. The molecule has 2 aromatic heterocycles. The maximum absolute atomic E-state index is 12.6. The van der Waals surface area contributed by atoms with Crippen LogP contribution >= 0.6 is 0 Å². The third-order valence-corrected chi connectivity index (χ3v) is 11.3. The molecule has 3 fully saturated rings. The number of cyclic esters (lactones) is 2. The van der Waals surface area contributed by atoms with Gasteiger partial charge in [-0.1, -0.05) is 30.3 Å². The van der Waals surface area contributed by atoms with Gasteiger partial charge in [0.05, 0.1) is 49.5 Å². The van der Waals surface area contributed by atoms with Crippen molar-refractivity contribution >= 4 is 63.1 Å². The van der Waals surface area contributed by atoms with Crippen molar-refractivity contribution in [1.82, 2.24) is 20.4 Å². The summed E-state index contributed by atoms with van der Waals surface area (Å²) in [5.74, 6) is -1.30. The van der Waals surface area contributed by atoms with E-state index in [1.165, 1.54) is 42.1 Å². The molecule has 21 nitrogen and oxygen atoms in total. The number of carbonyl (C=O) groups is 5. The number of nitrogens with one attached hydrogen (secondary N) is 4. The maximum atomic E-state index is 12.6. The second kappa shape index (κ2) is 22.2. The number of amides is 4. The van der Waals surface area contributed by atoms with Crippen LogP contribution in [0.3, 0.4) is 0 Å². The van der Waals surface area contributed by atoms with Crippen molar-refractivity contribution in [3.8, 4) is 0 Å². The quantitative estimate of drug-likeness (QED) is 0.0379. The number of esters is 1. The molecule has 0 aliphatic carbocycles. The Kier molecular flexibility index (Phi) is 15.8. The Bertz CT molecular complexity index is 2670. The molecule has 5 aromatic rings. The van der Waals surface area contributed by atoms with Gasteiger partial charge in [-0.05, 0) is 66.2 Å². The largest absolute Gasteiger partial charge is 0.472 e. The number of hydrogen-bond acceptors (Lipinski definition) is 17. The number of benzene rings is 3. The van der Waals surface area contributed by atoms with Crippen molar-refractivity contribution in [2.45, 2.75) is 18.8 Å². The van der Waals surface area contributed by atoms with Gasteiger partial charge in [0.2, 0.25) is 0 Å². The second-order valence-corrected chi connectivity index (χ2v) is 17.4. The van der Waals surface area contributed by atoms with E-state index in [0.717, 1.165) is 38.0 Å². The summed E-state index contributed by atoms with van der Waals surface area (Å²) in [5.41, 5.74) is 3.69. The molecule has 2 atom stereocenters. The molecule has 3 aromatic carbocycles. The number of piperazine rings is 1. The zero-order chi connectivity index (χ0) is 48.2. The fraction of sp³-hybridized carbons (Fsp3) is 0.283. The van der Waals surface area contributed by atoms with Crippen molar-refractivity contribution in [2.75, 3.05) is 75.0 Å². The molecule has 8 rings (SSSR count). The highest BCUT2D eigenvalue weighted by atomic mass is 32.2. The minimum absolute atomic E-state index is 0.0526. The van der Waals surface area contributed by atoms with Gasteiger partial charge in [-0.2, -0.15) is 8.42 Å². The Morgan fingerprint density at radius 3 is 1.63 bits per heavy atom. The van der Waals surface area contributed by atoms with E-state index in [2.05, 4.69) is 24.6 Å². The summed E-state index contributed by atoms with van der Waals surface area (Å²) in [6.07, 6.45) is 4.22. The Morgan fingerprint density at radius 2 is 1.15 bits per heavy atom. The van der Waals surface area contributed by atoms with Crippen LogP contribution in [0.4, 0.5) is 21.0 Å². The van der Waals surface area contributed by atoms with Crippen molar-refractivity contribution in [3.63, 3.8) is 0 Å². The standard InChI is InChI=1S/C29H31N5O6.C17H17N3O7S/c30-27(31-28(36)23-10-15-38-20-23)22-6-8-24(9-7-22)34-17-25(40-29(34)37)16-32-11-13-33(14-12-32)18-26(35)39-19-21-4-2-1-3-5-21;1-28(23,24)26-10-14-8-20(17(22)27-14)13-4-2-11(3-5-13)15(18)19-16(21)12-6-7-25-9-12/h1-10,15,20,25H,11-14,16-19H2,(H2,30,31,36);2-7,9,14H,8,10H2,1H3,(H2,18,19,21). The van der Waals surface area contributed by atoms with E-state index in [-0.39, 0.29) is 50.0 Å². The highest BCUT2D eigenvalue weighted by Crippen LogP contribution is 2.24. The minimum atomic E-state index is -3.63. The fourth-order valence-corrected chi connectivity index (χ4v) is 7.55. The summed E-state index contributed by atoms with van der Waals surface area (Å²) < 4.78 is 52.6. The summed E-state index contributed by atoms with van der Waals surface area (Å²) in [6.45, 7) is 4.42. The lowest BCUT2D eigenvalue weighted by Gasteiger charge is -2.34. The average Bonchev–Trinajstić information content (AvgIpc) is 4.18. The monoisotopic (exact) mass is 952 g/mol. The first-order valence-electron chi connectivity index (χ1n) is 21.2. The number of anilines is 2. The highest BCUT2D eigenvalue weighted by molar-refractivity contribution is 7.86. The lowest BCUT2D eigenvalue weighted by molar-refractivity contribution is -0.146. The first-order chi connectivity index (χ1) is 32.7. The Balaban J connectivity index is 0.000000215. The van der Waals surface area contributed by atoms with Crippen LogP contribution in [0.15, 0.2) is 125 Å². The first kappa shape index (κ1) is 48.3. The zero-order valence-corrected chi connectivity index (χ0v) is 37.5. The SMILES string of the molecule is CS(=O)(=O)OCC1CN(c2ccc(C(=N)NC(=O)c3ccoc3)cc2)C(=O)O1.N=C(NC(=O)c1ccoc1)c1ccc(N2CC(CN3CCN(CC(=O)OCc4ccccc4)CC3)OC2=O)cc1. The summed E-state index contributed by atoms with van der Waals surface area (Å²) in [7, 11) is -3.63. The second-order valence-electron chi connectivity index (χ2n) is 15.7. The maximum Gasteiger partial charge on any atom is 0.414 e. The van der Waals surface area contributed by atoms with E-state index < -0.39 is 40.2 Å². The molecule has 22 heteroatoms. The van der Waals surface area contributed by atoms with Crippen LogP contribution in [0.2, 0.25) is 0 Å². The first-order valence-corrected chi connectivity index (χ1v) is 23.0. The van der Waals surface area contributed by atoms with Crippen molar-refractivity contribution in [1.29, 1.82) is 10.8 Å². The summed E-state index contributed by atoms with van der Waals surface area (Å²) in [6, 6.07) is 25.8. The van der Waals surface area contributed by atoms with Crippen LogP contribution in [0.1, 0.15) is 37.4 Å². The van der Waals surface area contributed by atoms with Gasteiger partial charge < -0.3 is 33.7 Å². The van der Waals surface area contributed by atoms with Gasteiger partial charge in [-0.25, -0.2) is 9.59 Å². The van der Waals surface area contributed by atoms with E-state index in [1.807, 2.05) is 30.3 Å². The lowest BCUT2D eigenvalue weighted by Crippen LogP contribution is -2.50. The van der Waals surface area contributed by atoms with Crippen molar-refractivity contribution in [2.24, 2.45) is 0 Å². The Labute approximate surface area is 390 Å². The van der Waals surface area contributed by atoms with Gasteiger partial charge in [0.1, 0.15) is 49.6 Å². The van der Waals surface area contributed by atoms with Crippen molar-refractivity contribution in [3.05, 3.63) is 144 Å². The van der Waals surface area contributed by atoms with Gasteiger partial charge in [0.25, 0.3) is 21.9 Å². The topological polar surface area (TPSA) is 267 Å². The molecule has 3 aliphatic heterocycles. The third-order valence-electron chi connectivity index (χ3n) is 10.7. The molecule has 0 bridgehead atoms. The molecule has 0 saturated carbocycles. The van der Waals surface area contributed by atoms with Crippen molar-refractivity contribution < 1.29 is 59.6 Å².